The van der Waals surface area contributed by atoms with Crippen LogP contribution in [0.1, 0.15) is 30.5 Å². The molecule has 3 nitrogen and oxygen atoms in total. The Balaban J connectivity index is 3.38. The van der Waals surface area contributed by atoms with Crippen LogP contribution in [0, 0.1) is 20.8 Å². The van der Waals surface area contributed by atoms with Crippen LogP contribution in [0.3, 0.4) is 0 Å². The molecule has 0 aromatic heterocycles. The Labute approximate surface area is 111 Å². The van der Waals surface area contributed by atoms with E-state index in [0.29, 0.717) is 6.54 Å². The van der Waals surface area contributed by atoms with Gasteiger partial charge in [-0.2, -0.15) is 0 Å². The first-order chi connectivity index (χ1) is 8.26. The minimum Gasteiger partial charge on any atom is -0.496 e. The summed E-state index contributed by atoms with van der Waals surface area (Å²) in [5.41, 5.74) is 10.7. The van der Waals surface area contributed by atoms with Gasteiger partial charge in [0.1, 0.15) is 5.75 Å². The molecule has 2 N–H and O–H groups in total. The maximum atomic E-state index is 5.87. The highest BCUT2D eigenvalue weighted by Crippen LogP contribution is 2.35. The summed E-state index contributed by atoms with van der Waals surface area (Å²) in [7, 11) is 3.82. The lowest BCUT2D eigenvalue weighted by atomic mass is 9.96. The Hall–Kier alpha value is -1.22. The molecule has 0 unspecified atom stereocenters. The van der Waals surface area contributed by atoms with E-state index in [1.54, 1.807) is 7.11 Å². The van der Waals surface area contributed by atoms with E-state index < -0.39 is 0 Å². The fraction of sp³-hybridized carbons (Fsp3) is 0.600. The molecule has 0 amide bonds. The third-order valence-corrected chi connectivity index (χ3v) is 3.97. The quantitative estimate of drug-likeness (QED) is 0.893. The minimum absolute atomic E-state index is 0.0590. The van der Waals surface area contributed by atoms with Crippen LogP contribution in [0.5, 0.6) is 5.75 Å². The second kappa shape index (κ2) is 5.19. The largest absolute Gasteiger partial charge is 0.496 e. The van der Waals surface area contributed by atoms with Crippen molar-refractivity contribution in [3.05, 3.63) is 22.8 Å². The highest BCUT2D eigenvalue weighted by Gasteiger charge is 2.25. The van der Waals surface area contributed by atoms with E-state index in [-0.39, 0.29) is 5.54 Å². The van der Waals surface area contributed by atoms with Gasteiger partial charge in [-0.25, -0.2) is 0 Å². The molecule has 0 aliphatic heterocycles. The molecule has 1 aromatic rings. The molecule has 3 heteroatoms. The number of hydrogen-bond acceptors (Lipinski definition) is 3. The smallest absolute Gasteiger partial charge is 0.122 e. The summed E-state index contributed by atoms with van der Waals surface area (Å²) in [5.74, 6) is 0.952. The molecular weight excluding hydrogens is 224 g/mol. The molecule has 0 spiro atoms. The van der Waals surface area contributed by atoms with Crippen LogP contribution < -0.4 is 15.4 Å². The maximum absolute atomic E-state index is 5.87. The number of anilines is 1. The van der Waals surface area contributed by atoms with E-state index in [9.17, 15) is 0 Å². The van der Waals surface area contributed by atoms with Crippen LogP contribution in [-0.2, 0) is 0 Å². The van der Waals surface area contributed by atoms with E-state index in [4.69, 9.17) is 10.5 Å². The summed E-state index contributed by atoms with van der Waals surface area (Å²) in [4.78, 5) is 2.27. The van der Waals surface area contributed by atoms with Gasteiger partial charge in [0.25, 0.3) is 0 Å². The molecule has 0 bridgehead atoms. The van der Waals surface area contributed by atoms with Gasteiger partial charge in [0.05, 0.1) is 7.11 Å². The van der Waals surface area contributed by atoms with Crippen LogP contribution in [0.4, 0.5) is 5.69 Å². The van der Waals surface area contributed by atoms with Gasteiger partial charge in [-0.05, 0) is 57.4 Å². The first-order valence-corrected chi connectivity index (χ1v) is 6.35. The van der Waals surface area contributed by atoms with Gasteiger partial charge in [0.15, 0.2) is 0 Å². The number of ether oxygens (including phenoxy) is 1. The lowest BCUT2D eigenvalue weighted by molar-refractivity contribution is 0.410. The Morgan fingerprint density at radius 1 is 1.22 bits per heavy atom. The van der Waals surface area contributed by atoms with Crippen molar-refractivity contribution in [2.75, 3.05) is 25.6 Å². The minimum atomic E-state index is -0.0590. The molecule has 102 valence electrons. The summed E-state index contributed by atoms with van der Waals surface area (Å²) in [6, 6.07) is 2.10. The Morgan fingerprint density at radius 3 is 2.22 bits per heavy atom. The van der Waals surface area contributed by atoms with E-state index >= 15 is 0 Å². The lowest BCUT2D eigenvalue weighted by Gasteiger charge is -2.39. The third-order valence-electron chi connectivity index (χ3n) is 3.97. The highest BCUT2D eigenvalue weighted by atomic mass is 16.5. The van der Waals surface area contributed by atoms with Crippen molar-refractivity contribution in [1.82, 2.24) is 0 Å². The van der Waals surface area contributed by atoms with Crippen molar-refractivity contribution >= 4 is 5.69 Å². The molecule has 0 aliphatic carbocycles. The van der Waals surface area contributed by atoms with Crippen LogP contribution >= 0.6 is 0 Å². The SMILES string of the molecule is COc1cc(C)c(N(C)C(C)(C)CN)c(C)c1C. The van der Waals surface area contributed by atoms with Crippen molar-refractivity contribution in [2.45, 2.75) is 40.2 Å². The summed E-state index contributed by atoms with van der Waals surface area (Å²) in [6.07, 6.45) is 0. The fourth-order valence-electron chi connectivity index (χ4n) is 2.20. The molecule has 0 fully saturated rings. The zero-order valence-corrected chi connectivity index (χ0v) is 12.7. The molecule has 0 radical (unpaired) electrons. The molecule has 0 aliphatic rings. The summed E-state index contributed by atoms with van der Waals surface area (Å²) < 4.78 is 5.41. The Bertz CT molecular complexity index is 439. The van der Waals surface area contributed by atoms with Gasteiger partial charge in [-0.3, -0.25) is 0 Å². The molecule has 18 heavy (non-hydrogen) atoms. The Kier molecular flexibility index (Phi) is 4.28. The average Bonchev–Trinajstić information content (AvgIpc) is 2.33. The van der Waals surface area contributed by atoms with Crippen LogP contribution in [0.2, 0.25) is 0 Å². The third kappa shape index (κ3) is 2.46. The number of methoxy groups -OCH3 is 1. The van der Waals surface area contributed by atoms with Crippen molar-refractivity contribution in [3.63, 3.8) is 0 Å². The normalized spacial score (nSPS) is 11.6. The van der Waals surface area contributed by atoms with Gasteiger partial charge >= 0.3 is 0 Å². The van der Waals surface area contributed by atoms with E-state index in [2.05, 4.69) is 52.6 Å². The van der Waals surface area contributed by atoms with Crippen LogP contribution in [0.25, 0.3) is 0 Å². The molecule has 1 rings (SSSR count). The van der Waals surface area contributed by atoms with Crippen molar-refractivity contribution in [1.29, 1.82) is 0 Å². The highest BCUT2D eigenvalue weighted by molar-refractivity contribution is 5.65. The zero-order chi connectivity index (χ0) is 14.1. The average molecular weight is 250 g/mol. The molecular formula is C15H26N2O. The summed E-state index contributed by atoms with van der Waals surface area (Å²) in [5, 5.41) is 0. The van der Waals surface area contributed by atoms with Gasteiger partial charge in [-0.1, -0.05) is 0 Å². The second-order valence-electron chi connectivity index (χ2n) is 5.57. The number of benzene rings is 1. The van der Waals surface area contributed by atoms with Gasteiger partial charge < -0.3 is 15.4 Å². The van der Waals surface area contributed by atoms with E-state index in [0.717, 1.165) is 5.75 Å². The van der Waals surface area contributed by atoms with E-state index in [1.165, 1.54) is 22.4 Å². The van der Waals surface area contributed by atoms with Crippen molar-refractivity contribution < 1.29 is 4.74 Å². The lowest BCUT2D eigenvalue weighted by Crippen LogP contribution is -2.47. The Morgan fingerprint density at radius 2 is 1.78 bits per heavy atom. The van der Waals surface area contributed by atoms with Gasteiger partial charge in [-0.15, -0.1) is 0 Å². The predicted molar refractivity (Wildman–Crippen MR) is 78.7 cm³/mol. The molecule has 0 heterocycles. The second-order valence-corrected chi connectivity index (χ2v) is 5.57. The van der Waals surface area contributed by atoms with Crippen molar-refractivity contribution in [2.24, 2.45) is 5.73 Å². The van der Waals surface area contributed by atoms with Gasteiger partial charge in [0.2, 0.25) is 0 Å². The monoisotopic (exact) mass is 250 g/mol. The molecule has 0 saturated heterocycles. The van der Waals surface area contributed by atoms with Gasteiger partial charge in [0, 0.05) is 24.8 Å². The topological polar surface area (TPSA) is 38.5 Å². The number of rotatable bonds is 4. The zero-order valence-electron chi connectivity index (χ0n) is 12.7. The number of hydrogen-bond donors (Lipinski definition) is 1. The van der Waals surface area contributed by atoms with E-state index in [1.807, 2.05) is 0 Å². The summed E-state index contributed by atoms with van der Waals surface area (Å²) in [6.45, 7) is 11.3. The number of nitrogens with zero attached hydrogens (tertiary/aromatic N) is 1. The molecule has 0 saturated carbocycles. The maximum Gasteiger partial charge on any atom is 0.122 e. The fourth-order valence-corrected chi connectivity index (χ4v) is 2.20. The first kappa shape index (κ1) is 14.8. The van der Waals surface area contributed by atoms with Crippen LogP contribution in [-0.4, -0.2) is 26.2 Å². The number of nitrogens with two attached hydrogens (primary N) is 1. The van der Waals surface area contributed by atoms with Crippen LogP contribution in [0.15, 0.2) is 6.07 Å². The molecule has 1 aromatic carbocycles. The predicted octanol–water partition coefficient (Wildman–Crippen LogP) is 2.79. The number of aryl methyl sites for hydroxylation is 1. The molecule has 0 atom stereocenters. The standard InChI is InChI=1S/C15H26N2O/c1-10-8-13(18-7)11(2)12(3)14(10)17(6)15(4,5)9-16/h8H,9,16H2,1-7H3. The number of likely N-dealkylation sites (N-methyl/N-ethyl adjacent to an activating group) is 1. The van der Waals surface area contributed by atoms with Crippen molar-refractivity contribution in [3.8, 4) is 5.75 Å². The first-order valence-electron chi connectivity index (χ1n) is 6.35. The summed E-state index contributed by atoms with van der Waals surface area (Å²) >= 11 is 0.